The lowest BCUT2D eigenvalue weighted by Gasteiger charge is -2.19. The van der Waals surface area contributed by atoms with Crippen LogP contribution in [0, 0.1) is 5.92 Å². The highest BCUT2D eigenvalue weighted by molar-refractivity contribution is 5.91. The van der Waals surface area contributed by atoms with Gasteiger partial charge in [-0.3, -0.25) is 14.9 Å². The van der Waals surface area contributed by atoms with Gasteiger partial charge in [-0.15, -0.1) is 5.10 Å². The number of anilines is 1. The number of amides is 2. The molecular formula is C17H25N5O2. The minimum absolute atomic E-state index is 0.0133. The molecule has 1 saturated heterocycles. The lowest BCUT2D eigenvalue weighted by Crippen LogP contribution is -2.34. The normalized spacial score (nSPS) is 21.3. The Hall–Kier alpha value is -2.18. The molecule has 1 N–H and O–H groups in total. The molecule has 1 atom stereocenters. The minimum Gasteiger partial charge on any atom is -0.341 e. The highest BCUT2D eigenvalue weighted by Crippen LogP contribution is 2.19. The lowest BCUT2D eigenvalue weighted by atomic mass is 9.94. The largest absolute Gasteiger partial charge is 0.341 e. The molecule has 2 heterocycles. The van der Waals surface area contributed by atoms with Crippen LogP contribution in [0.1, 0.15) is 44.9 Å². The van der Waals surface area contributed by atoms with E-state index in [2.05, 4.69) is 21.5 Å². The van der Waals surface area contributed by atoms with E-state index in [1.807, 2.05) is 11.0 Å². The standard InChI is InChI=1S/C17H25N5O2/c23-15(21-10-6-1-2-7-11-21)12-22-13-18-17(20-22)19-16(24)14-8-4-3-5-9-14/h3-4,13-14H,1-2,5-12H2,(H,19,20,24). The number of hydrogen-bond acceptors (Lipinski definition) is 4. The Kier molecular flexibility index (Phi) is 5.61. The van der Waals surface area contributed by atoms with E-state index in [9.17, 15) is 9.59 Å². The van der Waals surface area contributed by atoms with E-state index in [-0.39, 0.29) is 30.2 Å². The summed E-state index contributed by atoms with van der Waals surface area (Å²) >= 11 is 0. The van der Waals surface area contributed by atoms with E-state index in [0.717, 1.165) is 45.2 Å². The first-order valence-electron chi connectivity index (χ1n) is 8.85. The van der Waals surface area contributed by atoms with Crippen LogP contribution >= 0.6 is 0 Å². The Labute approximate surface area is 142 Å². The Balaban J connectivity index is 1.52. The second-order valence-electron chi connectivity index (χ2n) is 6.53. The van der Waals surface area contributed by atoms with Gasteiger partial charge in [-0.05, 0) is 32.1 Å². The van der Waals surface area contributed by atoms with Gasteiger partial charge in [0.25, 0.3) is 0 Å². The number of carbonyl (C=O) groups excluding carboxylic acids is 2. The molecule has 1 aliphatic carbocycles. The number of rotatable bonds is 4. The third-order valence-electron chi connectivity index (χ3n) is 4.67. The van der Waals surface area contributed by atoms with Crippen LogP contribution in [-0.2, 0) is 16.1 Å². The number of likely N-dealkylation sites (tertiary alicyclic amines) is 1. The van der Waals surface area contributed by atoms with E-state index in [1.165, 1.54) is 23.9 Å². The van der Waals surface area contributed by atoms with Crippen LogP contribution < -0.4 is 5.32 Å². The first kappa shape index (κ1) is 16.7. The van der Waals surface area contributed by atoms with Gasteiger partial charge in [0.2, 0.25) is 17.8 Å². The maximum absolute atomic E-state index is 12.3. The van der Waals surface area contributed by atoms with Crippen LogP contribution in [0.3, 0.4) is 0 Å². The minimum atomic E-state index is -0.0454. The van der Waals surface area contributed by atoms with Crippen LogP contribution in [0.25, 0.3) is 0 Å². The van der Waals surface area contributed by atoms with Gasteiger partial charge in [-0.2, -0.15) is 0 Å². The molecule has 1 unspecified atom stereocenters. The van der Waals surface area contributed by atoms with Crippen molar-refractivity contribution in [3.8, 4) is 0 Å². The maximum Gasteiger partial charge on any atom is 0.248 e. The molecule has 1 aromatic rings. The summed E-state index contributed by atoms with van der Waals surface area (Å²) in [6.07, 6.45) is 12.7. The Morgan fingerprint density at radius 3 is 2.67 bits per heavy atom. The monoisotopic (exact) mass is 331 g/mol. The highest BCUT2D eigenvalue weighted by Gasteiger charge is 2.20. The molecule has 2 amide bonds. The van der Waals surface area contributed by atoms with Crippen molar-refractivity contribution >= 4 is 17.8 Å². The summed E-state index contributed by atoms with van der Waals surface area (Å²) in [6.45, 7) is 1.83. The second-order valence-corrected chi connectivity index (χ2v) is 6.53. The average molecular weight is 331 g/mol. The fourth-order valence-corrected chi connectivity index (χ4v) is 3.23. The predicted octanol–water partition coefficient (Wildman–Crippen LogP) is 1.98. The van der Waals surface area contributed by atoms with Crippen molar-refractivity contribution in [2.75, 3.05) is 18.4 Å². The number of nitrogens with one attached hydrogen (secondary N) is 1. The average Bonchev–Trinajstić information content (AvgIpc) is 2.86. The molecule has 0 aromatic carbocycles. The number of aromatic nitrogens is 3. The van der Waals surface area contributed by atoms with E-state index >= 15 is 0 Å². The smallest absolute Gasteiger partial charge is 0.248 e. The molecule has 1 aliphatic heterocycles. The van der Waals surface area contributed by atoms with Gasteiger partial charge in [0.05, 0.1) is 0 Å². The zero-order valence-corrected chi connectivity index (χ0v) is 14.0. The second kappa shape index (κ2) is 8.08. The summed E-state index contributed by atoms with van der Waals surface area (Å²) in [6, 6.07) is 0. The quantitative estimate of drug-likeness (QED) is 0.856. The van der Waals surface area contributed by atoms with E-state index in [4.69, 9.17) is 0 Å². The molecule has 3 rings (SSSR count). The van der Waals surface area contributed by atoms with Gasteiger partial charge in [0, 0.05) is 19.0 Å². The number of allylic oxidation sites excluding steroid dienone is 2. The van der Waals surface area contributed by atoms with Crippen molar-refractivity contribution in [3.05, 3.63) is 18.5 Å². The van der Waals surface area contributed by atoms with Gasteiger partial charge in [-0.1, -0.05) is 25.0 Å². The molecule has 0 spiro atoms. The summed E-state index contributed by atoms with van der Waals surface area (Å²) in [5.41, 5.74) is 0. The summed E-state index contributed by atoms with van der Waals surface area (Å²) in [5.74, 6) is 0.284. The Bertz CT molecular complexity index is 602. The molecule has 7 heteroatoms. The van der Waals surface area contributed by atoms with Crippen LogP contribution in [0.2, 0.25) is 0 Å². The third kappa shape index (κ3) is 4.43. The van der Waals surface area contributed by atoms with Crippen LogP contribution in [-0.4, -0.2) is 44.6 Å². The molecule has 24 heavy (non-hydrogen) atoms. The van der Waals surface area contributed by atoms with Crippen molar-refractivity contribution in [2.45, 2.75) is 51.5 Å². The van der Waals surface area contributed by atoms with Crippen molar-refractivity contribution in [2.24, 2.45) is 5.92 Å². The Morgan fingerprint density at radius 1 is 1.17 bits per heavy atom. The molecule has 0 saturated carbocycles. The summed E-state index contributed by atoms with van der Waals surface area (Å²) in [5, 5.41) is 6.97. The molecule has 130 valence electrons. The van der Waals surface area contributed by atoms with Gasteiger partial charge < -0.3 is 4.90 Å². The molecular weight excluding hydrogens is 306 g/mol. The molecule has 0 bridgehead atoms. The predicted molar refractivity (Wildman–Crippen MR) is 90.2 cm³/mol. The molecule has 1 fully saturated rings. The summed E-state index contributed by atoms with van der Waals surface area (Å²) < 4.78 is 1.50. The van der Waals surface area contributed by atoms with Gasteiger partial charge in [0.15, 0.2) is 0 Å². The van der Waals surface area contributed by atoms with Crippen molar-refractivity contribution < 1.29 is 9.59 Å². The lowest BCUT2D eigenvalue weighted by molar-refractivity contribution is -0.132. The number of hydrogen-bond donors (Lipinski definition) is 1. The summed E-state index contributed by atoms with van der Waals surface area (Å²) in [4.78, 5) is 30.5. The van der Waals surface area contributed by atoms with Crippen LogP contribution in [0.4, 0.5) is 5.95 Å². The molecule has 0 radical (unpaired) electrons. The van der Waals surface area contributed by atoms with Gasteiger partial charge >= 0.3 is 0 Å². The van der Waals surface area contributed by atoms with Crippen LogP contribution in [0.15, 0.2) is 18.5 Å². The van der Waals surface area contributed by atoms with Gasteiger partial charge in [-0.25, -0.2) is 9.67 Å². The number of nitrogens with zero attached hydrogens (tertiary/aromatic N) is 4. The van der Waals surface area contributed by atoms with E-state index in [0.29, 0.717) is 0 Å². The summed E-state index contributed by atoms with van der Waals surface area (Å²) in [7, 11) is 0. The first-order valence-corrected chi connectivity index (χ1v) is 8.85. The maximum atomic E-state index is 12.3. The molecule has 1 aromatic heterocycles. The van der Waals surface area contributed by atoms with E-state index in [1.54, 1.807) is 0 Å². The fraction of sp³-hybridized carbons (Fsp3) is 0.647. The third-order valence-corrected chi connectivity index (χ3v) is 4.67. The van der Waals surface area contributed by atoms with E-state index < -0.39 is 0 Å². The number of carbonyl (C=O) groups is 2. The van der Waals surface area contributed by atoms with Crippen molar-refractivity contribution in [1.82, 2.24) is 19.7 Å². The molecule has 7 nitrogen and oxygen atoms in total. The first-order chi connectivity index (χ1) is 11.7. The zero-order valence-electron chi connectivity index (χ0n) is 14.0. The topological polar surface area (TPSA) is 80.1 Å². The zero-order chi connectivity index (χ0) is 16.8. The SMILES string of the molecule is O=C(Nc1ncn(CC(=O)N2CCCCCC2)n1)C1CC=CCC1. The van der Waals surface area contributed by atoms with Crippen LogP contribution in [0.5, 0.6) is 0 Å². The highest BCUT2D eigenvalue weighted by atomic mass is 16.2. The van der Waals surface area contributed by atoms with Gasteiger partial charge in [0.1, 0.15) is 12.9 Å². The van der Waals surface area contributed by atoms with Crippen molar-refractivity contribution in [1.29, 1.82) is 0 Å². The fourth-order valence-electron chi connectivity index (χ4n) is 3.23. The Morgan fingerprint density at radius 2 is 1.96 bits per heavy atom. The molecule has 2 aliphatic rings. The van der Waals surface area contributed by atoms with Crippen molar-refractivity contribution in [3.63, 3.8) is 0 Å².